The van der Waals surface area contributed by atoms with Crippen molar-refractivity contribution in [1.82, 2.24) is 24.5 Å². The van der Waals surface area contributed by atoms with Gasteiger partial charge in [0, 0.05) is 51.9 Å². The third kappa shape index (κ3) is 5.92. The highest BCUT2D eigenvalue weighted by atomic mass is 16.2. The molecule has 1 unspecified atom stereocenters. The largest absolute Gasteiger partial charge is 0.341 e. The third-order valence-electron chi connectivity index (χ3n) is 7.20. The van der Waals surface area contributed by atoms with Crippen molar-refractivity contribution in [2.45, 2.75) is 45.6 Å². The lowest BCUT2D eigenvalue weighted by molar-refractivity contribution is -0.139. The predicted octanol–water partition coefficient (Wildman–Crippen LogP) is 0.805. The summed E-state index contributed by atoms with van der Waals surface area (Å²) in [5, 5.41) is 0. The van der Waals surface area contributed by atoms with E-state index in [0.29, 0.717) is 18.5 Å². The summed E-state index contributed by atoms with van der Waals surface area (Å²) in [6.07, 6.45) is 4.23. The molecule has 1 atom stereocenters. The van der Waals surface area contributed by atoms with Gasteiger partial charge in [-0.2, -0.15) is 0 Å². The molecule has 0 aromatic heterocycles. The van der Waals surface area contributed by atoms with Crippen molar-refractivity contribution in [2.24, 2.45) is 5.92 Å². The lowest BCUT2D eigenvalue weighted by atomic mass is 9.92. The molecule has 2 amide bonds. The standard InChI is InChI=1S/C22H41N5O2/c1-4-24(5-2)18-21(28)25-11-8-20(9-12-25)27-10-6-7-19(17-27)22(29)26-15-13-23(3)14-16-26/h19-20H,4-18H2,1-3H3. The van der Waals surface area contributed by atoms with Crippen molar-refractivity contribution >= 4 is 11.8 Å². The fraction of sp³-hybridized carbons (Fsp3) is 0.909. The van der Waals surface area contributed by atoms with E-state index in [1.165, 1.54) is 0 Å². The number of carbonyl (C=O) groups excluding carboxylic acids is 2. The van der Waals surface area contributed by atoms with Crippen LogP contribution in [0.5, 0.6) is 0 Å². The van der Waals surface area contributed by atoms with Crippen molar-refractivity contribution in [3.8, 4) is 0 Å². The molecule has 7 nitrogen and oxygen atoms in total. The minimum absolute atomic E-state index is 0.162. The fourth-order valence-electron chi connectivity index (χ4n) is 5.04. The van der Waals surface area contributed by atoms with Gasteiger partial charge < -0.3 is 14.7 Å². The quantitative estimate of drug-likeness (QED) is 0.652. The lowest BCUT2D eigenvalue weighted by Crippen LogP contribution is -2.54. The first kappa shape index (κ1) is 22.5. The lowest BCUT2D eigenvalue weighted by Gasteiger charge is -2.43. The van der Waals surface area contributed by atoms with Crippen LogP contribution in [0.15, 0.2) is 0 Å². The number of amides is 2. The predicted molar refractivity (Wildman–Crippen MR) is 116 cm³/mol. The molecule has 7 heteroatoms. The molecule has 0 aliphatic carbocycles. The van der Waals surface area contributed by atoms with Crippen LogP contribution < -0.4 is 0 Å². The number of likely N-dealkylation sites (tertiary alicyclic amines) is 2. The zero-order chi connectivity index (χ0) is 20.8. The first-order valence-corrected chi connectivity index (χ1v) is 11.7. The minimum Gasteiger partial charge on any atom is -0.341 e. The van der Waals surface area contributed by atoms with Gasteiger partial charge in [-0.1, -0.05) is 13.8 Å². The molecule has 29 heavy (non-hydrogen) atoms. The molecule has 3 heterocycles. The zero-order valence-electron chi connectivity index (χ0n) is 18.8. The number of hydrogen-bond donors (Lipinski definition) is 0. The maximum absolute atomic E-state index is 13.0. The molecule has 0 radical (unpaired) electrons. The van der Waals surface area contributed by atoms with E-state index in [0.717, 1.165) is 91.1 Å². The van der Waals surface area contributed by atoms with Gasteiger partial charge in [-0.25, -0.2) is 0 Å². The maximum Gasteiger partial charge on any atom is 0.236 e. The van der Waals surface area contributed by atoms with E-state index in [4.69, 9.17) is 0 Å². The van der Waals surface area contributed by atoms with Crippen LogP contribution in [0.4, 0.5) is 0 Å². The average molecular weight is 408 g/mol. The topological polar surface area (TPSA) is 50.3 Å². The van der Waals surface area contributed by atoms with E-state index in [1.54, 1.807) is 0 Å². The Bertz CT molecular complexity index is 537. The Hall–Kier alpha value is -1.18. The molecule has 3 aliphatic heterocycles. The van der Waals surface area contributed by atoms with Crippen LogP contribution in [-0.2, 0) is 9.59 Å². The van der Waals surface area contributed by atoms with Crippen LogP contribution in [0.3, 0.4) is 0 Å². The van der Waals surface area contributed by atoms with Crippen molar-refractivity contribution < 1.29 is 9.59 Å². The minimum atomic E-state index is 0.162. The summed E-state index contributed by atoms with van der Waals surface area (Å²) in [5.41, 5.74) is 0. The second-order valence-electron chi connectivity index (χ2n) is 9.04. The van der Waals surface area contributed by atoms with E-state index in [9.17, 15) is 9.59 Å². The van der Waals surface area contributed by atoms with Gasteiger partial charge in [-0.15, -0.1) is 0 Å². The van der Waals surface area contributed by atoms with Crippen LogP contribution >= 0.6 is 0 Å². The molecule has 0 spiro atoms. The summed E-state index contributed by atoms with van der Waals surface area (Å²) >= 11 is 0. The van der Waals surface area contributed by atoms with Crippen LogP contribution in [0.1, 0.15) is 39.5 Å². The number of nitrogens with zero attached hydrogens (tertiary/aromatic N) is 5. The molecule has 3 saturated heterocycles. The van der Waals surface area contributed by atoms with E-state index in [1.807, 2.05) is 4.90 Å². The van der Waals surface area contributed by atoms with Gasteiger partial charge in [0.2, 0.25) is 11.8 Å². The van der Waals surface area contributed by atoms with Gasteiger partial charge in [0.1, 0.15) is 0 Å². The van der Waals surface area contributed by atoms with Crippen molar-refractivity contribution in [1.29, 1.82) is 0 Å². The molecule has 0 aromatic carbocycles. The summed E-state index contributed by atoms with van der Waals surface area (Å²) in [6, 6.07) is 0.524. The van der Waals surface area contributed by atoms with Crippen molar-refractivity contribution in [3.05, 3.63) is 0 Å². The van der Waals surface area contributed by atoms with Gasteiger partial charge in [0.15, 0.2) is 0 Å². The molecule has 0 N–H and O–H groups in total. The molecule has 0 saturated carbocycles. The number of hydrogen-bond acceptors (Lipinski definition) is 5. The number of rotatable bonds is 6. The normalized spacial score (nSPS) is 25.6. The maximum atomic E-state index is 13.0. The van der Waals surface area contributed by atoms with E-state index in [-0.39, 0.29) is 11.8 Å². The first-order valence-electron chi connectivity index (χ1n) is 11.7. The highest BCUT2D eigenvalue weighted by Gasteiger charge is 2.34. The zero-order valence-corrected chi connectivity index (χ0v) is 18.8. The van der Waals surface area contributed by atoms with Crippen molar-refractivity contribution in [3.63, 3.8) is 0 Å². The number of piperidine rings is 2. The Morgan fingerprint density at radius 3 is 2.14 bits per heavy atom. The number of piperazine rings is 1. The SMILES string of the molecule is CCN(CC)CC(=O)N1CCC(N2CCCC(C(=O)N3CCN(C)CC3)C2)CC1. The Balaban J connectivity index is 1.45. The molecule has 3 rings (SSSR count). The molecule has 166 valence electrons. The third-order valence-corrected chi connectivity index (χ3v) is 7.20. The van der Waals surface area contributed by atoms with Crippen LogP contribution in [0.2, 0.25) is 0 Å². The first-order chi connectivity index (χ1) is 14.0. The number of likely N-dealkylation sites (N-methyl/N-ethyl adjacent to an activating group) is 2. The summed E-state index contributed by atoms with van der Waals surface area (Å²) in [6.45, 7) is 14.1. The summed E-state index contributed by atoms with van der Waals surface area (Å²) in [5.74, 6) is 0.804. The van der Waals surface area contributed by atoms with Gasteiger partial charge >= 0.3 is 0 Å². The fourth-order valence-corrected chi connectivity index (χ4v) is 5.04. The van der Waals surface area contributed by atoms with Crippen LogP contribution in [-0.4, -0.2) is 121 Å². The molecular weight excluding hydrogens is 366 g/mol. The summed E-state index contributed by atoms with van der Waals surface area (Å²) in [7, 11) is 2.13. The average Bonchev–Trinajstić information content (AvgIpc) is 2.77. The van der Waals surface area contributed by atoms with Gasteiger partial charge in [-0.3, -0.25) is 19.4 Å². The molecule has 0 aromatic rings. The Morgan fingerprint density at radius 2 is 1.52 bits per heavy atom. The van der Waals surface area contributed by atoms with Gasteiger partial charge in [0.05, 0.1) is 12.5 Å². The smallest absolute Gasteiger partial charge is 0.236 e. The second-order valence-corrected chi connectivity index (χ2v) is 9.04. The van der Waals surface area contributed by atoms with E-state index >= 15 is 0 Å². The summed E-state index contributed by atoms with van der Waals surface area (Å²) in [4.78, 5) is 36.7. The van der Waals surface area contributed by atoms with E-state index in [2.05, 4.69) is 40.5 Å². The highest BCUT2D eigenvalue weighted by Crippen LogP contribution is 2.25. The van der Waals surface area contributed by atoms with Gasteiger partial charge in [0.25, 0.3) is 0 Å². The Kier molecular flexibility index (Phi) is 8.33. The highest BCUT2D eigenvalue weighted by molar-refractivity contribution is 5.79. The monoisotopic (exact) mass is 407 g/mol. The molecule has 0 bridgehead atoms. The van der Waals surface area contributed by atoms with E-state index < -0.39 is 0 Å². The van der Waals surface area contributed by atoms with Crippen LogP contribution in [0, 0.1) is 5.92 Å². The number of carbonyl (C=O) groups is 2. The van der Waals surface area contributed by atoms with Crippen molar-refractivity contribution in [2.75, 3.05) is 79.0 Å². The molecule has 3 fully saturated rings. The van der Waals surface area contributed by atoms with Crippen LogP contribution in [0.25, 0.3) is 0 Å². The van der Waals surface area contributed by atoms with Gasteiger partial charge in [-0.05, 0) is 52.4 Å². The molecular formula is C22H41N5O2. The summed E-state index contributed by atoms with van der Waals surface area (Å²) < 4.78 is 0. The Morgan fingerprint density at radius 1 is 0.862 bits per heavy atom. The second kappa shape index (κ2) is 10.7. The molecule has 3 aliphatic rings. The Labute approximate surface area is 177 Å².